The molecule has 0 aliphatic rings. The molecular formula is C11H6Br2F2N2. The summed E-state index contributed by atoms with van der Waals surface area (Å²) in [4.78, 5) is 8.02. The molecule has 1 aromatic heterocycles. The van der Waals surface area contributed by atoms with Crippen LogP contribution in [0, 0.1) is 18.6 Å². The summed E-state index contributed by atoms with van der Waals surface area (Å²) in [6, 6.07) is 3.98. The summed E-state index contributed by atoms with van der Waals surface area (Å²) in [7, 11) is 0. The van der Waals surface area contributed by atoms with Gasteiger partial charge in [-0.15, -0.1) is 0 Å². The van der Waals surface area contributed by atoms with Crippen LogP contribution >= 0.6 is 31.9 Å². The lowest BCUT2D eigenvalue weighted by atomic mass is 10.1. The lowest BCUT2D eigenvalue weighted by Crippen LogP contribution is -1.97. The highest BCUT2D eigenvalue weighted by Crippen LogP contribution is 2.30. The van der Waals surface area contributed by atoms with Crippen molar-refractivity contribution in [2.45, 2.75) is 6.92 Å². The zero-order chi connectivity index (χ0) is 12.6. The van der Waals surface area contributed by atoms with Crippen LogP contribution in [0.4, 0.5) is 8.78 Å². The Kier molecular flexibility index (Phi) is 3.53. The van der Waals surface area contributed by atoms with Crippen LogP contribution in [0.2, 0.25) is 0 Å². The molecule has 6 heteroatoms. The molecule has 2 aromatic rings. The lowest BCUT2D eigenvalue weighted by molar-refractivity contribution is 0.584. The van der Waals surface area contributed by atoms with Crippen molar-refractivity contribution >= 4 is 31.9 Å². The van der Waals surface area contributed by atoms with E-state index in [0.29, 0.717) is 10.4 Å². The molecule has 0 N–H and O–H groups in total. The van der Waals surface area contributed by atoms with Gasteiger partial charge in [0, 0.05) is 0 Å². The first-order chi connectivity index (χ1) is 7.99. The maximum Gasteiger partial charge on any atom is 0.149 e. The second kappa shape index (κ2) is 4.78. The summed E-state index contributed by atoms with van der Waals surface area (Å²) >= 11 is 6.19. The minimum absolute atomic E-state index is 0.162. The molecule has 0 unspecified atom stereocenters. The van der Waals surface area contributed by atoms with Gasteiger partial charge in [0.1, 0.15) is 22.1 Å². The Morgan fingerprint density at radius 3 is 2.47 bits per heavy atom. The molecular weight excluding hydrogens is 358 g/mol. The maximum absolute atomic E-state index is 13.8. The second-order valence-electron chi connectivity index (χ2n) is 3.34. The Morgan fingerprint density at radius 1 is 1.12 bits per heavy atom. The monoisotopic (exact) mass is 362 g/mol. The number of nitrogens with zero attached hydrogens (tertiary/aromatic N) is 2. The second-order valence-corrected chi connectivity index (χ2v) is 5.01. The molecule has 0 fully saturated rings. The number of aromatic nitrogens is 2. The van der Waals surface area contributed by atoms with E-state index >= 15 is 0 Å². The van der Waals surface area contributed by atoms with Gasteiger partial charge in [-0.1, -0.05) is 0 Å². The summed E-state index contributed by atoms with van der Waals surface area (Å²) in [5.74, 6) is -0.890. The minimum atomic E-state index is -0.671. The Labute approximate surface area is 113 Å². The van der Waals surface area contributed by atoms with Crippen LogP contribution in [0.1, 0.15) is 5.82 Å². The van der Waals surface area contributed by atoms with Crippen molar-refractivity contribution in [2.75, 3.05) is 0 Å². The molecule has 0 atom stereocenters. The molecule has 0 spiro atoms. The van der Waals surface area contributed by atoms with E-state index in [1.54, 1.807) is 6.92 Å². The summed E-state index contributed by atoms with van der Waals surface area (Å²) in [5, 5.41) is 0. The largest absolute Gasteiger partial charge is 0.233 e. The molecule has 0 radical (unpaired) electrons. The van der Waals surface area contributed by atoms with Gasteiger partial charge in [0.25, 0.3) is 0 Å². The molecule has 1 aromatic carbocycles. The number of rotatable bonds is 1. The highest BCUT2D eigenvalue weighted by molar-refractivity contribution is 9.10. The third kappa shape index (κ3) is 2.52. The average Bonchev–Trinajstić information content (AvgIpc) is 2.23. The van der Waals surface area contributed by atoms with E-state index in [4.69, 9.17) is 0 Å². The van der Waals surface area contributed by atoms with Gasteiger partial charge < -0.3 is 0 Å². The molecule has 0 aliphatic carbocycles. The molecule has 0 bridgehead atoms. The van der Waals surface area contributed by atoms with Gasteiger partial charge in [0.15, 0.2) is 0 Å². The van der Waals surface area contributed by atoms with Crippen molar-refractivity contribution in [3.63, 3.8) is 0 Å². The van der Waals surface area contributed by atoms with E-state index in [1.807, 2.05) is 0 Å². The van der Waals surface area contributed by atoms with Crippen LogP contribution in [-0.2, 0) is 0 Å². The number of aryl methyl sites for hydroxylation is 1. The fraction of sp³-hybridized carbons (Fsp3) is 0.0909. The number of benzene rings is 1. The average molecular weight is 364 g/mol. The van der Waals surface area contributed by atoms with E-state index in [-0.39, 0.29) is 15.7 Å². The van der Waals surface area contributed by atoms with Crippen LogP contribution in [0.5, 0.6) is 0 Å². The normalized spacial score (nSPS) is 10.6. The first-order valence-corrected chi connectivity index (χ1v) is 6.22. The smallest absolute Gasteiger partial charge is 0.149 e. The molecule has 0 aliphatic heterocycles. The van der Waals surface area contributed by atoms with Crippen molar-refractivity contribution in [1.82, 2.24) is 9.97 Å². The van der Waals surface area contributed by atoms with Gasteiger partial charge >= 0.3 is 0 Å². The number of hydrogen-bond acceptors (Lipinski definition) is 2. The first kappa shape index (κ1) is 12.6. The predicted molar refractivity (Wildman–Crippen MR) is 67.5 cm³/mol. The van der Waals surface area contributed by atoms with E-state index in [0.717, 1.165) is 0 Å². The Morgan fingerprint density at radius 2 is 1.82 bits per heavy atom. The Balaban J connectivity index is 2.72. The molecule has 2 nitrogen and oxygen atoms in total. The molecule has 17 heavy (non-hydrogen) atoms. The summed E-state index contributed by atoms with van der Waals surface area (Å²) in [6.07, 6.45) is 0. The number of halogens is 4. The quantitative estimate of drug-likeness (QED) is 0.559. The Hall–Kier alpha value is -0.880. The molecule has 1 heterocycles. The fourth-order valence-corrected chi connectivity index (χ4v) is 2.23. The van der Waals surface area contributed by atoms with Crippen LogP contribution in [-0.4, -0.2) is 9.97 Å². The standard InChI is InChI=1S/C11H6Br2F2N2/c1-5-16-8(4-9(13)17-5)10-7(14)3-2-6(12)11(10)15/h2-4H,1H3. The van der Waals surface area contributed by atoms with Crippen molar-refractivity contribution in [2.24, 2.45) is 0 Å². The van der Waals surface area contributed by atoms with Crippen LogP contribution in [0.15, 0.2) is 27.3 Å². The zero-order valence-electron chi connectivity index (χ0n) is 8.64. The molecule has 0 saturated heterocycles. The van der Waals surface area contributed by atoms with Crippen molar-refractivity contribution in [3.05, 3.63) is 44.7 Å². The summed E-state index contributed by atoms with van der Waals surface area (Å²) in [5.41, 5.74) is 0.0475. The first-order valence-electron chi connectivity index (χ1n) is 4.64. The van der Waals surface area contributed by atoms with E-state index in [9.17, 15) is 8.78 Å². The van der Waals surface area contributed by atoms with E-state index < -0.39 is 11.6 Å². The van der Waals surface area contributed by atoms with Gasteiger partial charge in [0.2, 0.25) is 0 Å². The van der Waals surface area contributed by atoms with Gasteiger partial charge in [0.05, 0.1) is 15.7 Å². The lowest BCUT2D eigenvalue weighted by Gasteiger charge is -2.07. The maximum atomic E-state index is 13.8. The van der Waals surface area contributed by atoms with E-state index in [1.165, 1.54) is 18.2 Å². The van der Waals surface area contributed by atoms with Crippen molar-refractivity contribution in [3.8, 4) is 11.3 Å². The molecule has 2 rings (SSSR count). The molecule has 0 amide bonds. The van der Waals surface area contributed by atoms with E-state index in [2.05, 4.69) is 41.8 Å². The van der Waals surface area contributed by atoms with Crippen molar-refractivity contribution < 1.29 is 8.78 Å². The fourth-order valence-electron chi connectivity index (χ4n) is 1.42. The van der Waals surface area contributed by atoms with Gasteiger partial charge in [-0.05, 0) is 57.0 Å². The van der Waals surface area contributed by atoms with Crippen LogP contribution in [0.3, 0.4) is 0 Å². The van der Waals surface area contributed by atoms with Gasteiger partial charge in [-0.3, -0.25) is 0 Å². The van der Waals surface area contributed by atoms with Crippen LogP contribution < -0.4 is 0 Å². The minimum Gasteiger partial charge on any atom is -0.233 e. The molecule has 0 saturated carbocycles. The molecule has 88 valence electrons. The van der Waals surface area contributed by atoms with Gasteiger partial charge in [-0.2, -0.15) is 0 Å². The van der Waals surface area contributed by atoms with Crippen molar-refractivity contribution in [1.29, 1.82) is 0 Å². The van der Waals surface area contributed by atoms with Crippen LogP contribution in [0.25, 0.3) is 11.3 Å². The third-order valence-corrected chi connectivity index (χ3v) is 3.13. The highest BCUT2D eigenvalue weighted by Gasteiger charge is 2.16. The highest BCUT2D eigenvalue weighted by atomic mass is 79.9. The summed E-state index contributed by atoms with van der Waals surface area (Å²) in [6.45, 7) is 1.65. The summed E-state index contributed by atoms with van der Waals surface area (Å²) < 4.78 is 28.2. The zero-order valence-corrected chi connectivity index (χ0v) is 11.8. The Bertz CT molecular complexity index is 568. The third-order valence-electron chi connectivity index (χ3n) is 2.11. The number of hydrogen-bond donors (Lipinski definition) is 0. The topological polar surface area (TPSA) is 25.8 Å². The predicted octanol–water partition coefficient (Wildman–Crippen LogP) is 4.26. The van der Waals surface area contributed by atoms with Gasteiger partial charge in [-0.25, -0.2) is 18.7 Å². The SMILES string of the molecule is Cc1nc(Br)cc(-c2c(F)ccc(Br)c2F)n1.